The molecule has 0 aliphatic carbocycles. The Morgan fingerprint density at radius 1 is 1.18 bits per heavy atom. The van der Waals surface area contributed by atoms with Gasteiger partial charge < -0.3 is 24.8 Å². The Balaban J connectivity index is 1.43. The van der Waals surface area contributed by atoms with Gasteiger partial charge in [0.1, 0.15) is 22.7 Å². The fraction of sp³-hybridized carbons (Fsp3) is 0.150. The van der Waals surface area contributed by atoms with Gasteiger partial charge in [-0.25, -0.2) is 4.98 Å². The summed E-state index contributed by atoms with van der Waals surface area (Å²) in [5.74, 6) is 0.916. The van der Waals surface area contributed by atoms with Gasteiger partial charge in [0.15, 0.2) is 6.10 Å². The molecule has 5 rings (SSSR count). The van der Waals surface area contributed by atoms with E-state index in [2.05, 4.69) is 20.6 Å². The van der Waals surface area contributed by atoms with Crippen LogP contribution in [0, 0.1) is 0 Å². The molecular weight excluding hydrogens is 360 g/mol. The molecule has 1 amide bonds. The minimum absolute atomic E-state index is 0.187. The maximum absolute atomic E-state index is 12.4. The number of ether oxygens (including phenoxy) is 1. The van der Waals surface area contributed by atoms with E-state index in [1.54, 1.807) is 25.1 Å². The van der Waals surface area contributed by atoms with E-state index in [4.69, 9.17) is 9.15 Å². The number of hydrogen-bond acceptors (Lipinski definition) is 6. The number of carbonyl (C=O) groups excluding carboxylic acids is 1. The van der Waals surface area contributed by atoms with Crippen molar-refractivity contribution < 1.29 is 13.9 Å². The Bertz CT molecular complexity index is 1290. The van der Waals surface area contributed by atoms with E-state index >= 15 is 0 Å². The molecule has 140 valence electrons. The highest BCUT2D eigenvalue weighted by Crippen LogP contribution is 2.32. The average molecular weight is 376 g/mol. The van der Waals surface area contributed by atoms with Gasteiger partial charge in [0.25, 0.3) is 11.5 Å². The summed E-state index contributed by atoms with van der Waals surface area (Å²) in [4.78, 5) is 31.4. The van der Waals surface area contributed by atoms with Crippen LogP contribution in [-0.4, -0.2) is 22.0 Å². The van der Waals surface area contributed by atoms with Gasteiger partial charge in [-0.3, -0.25) is 9.59 Å². The zero-order valence-corrected chi connectivity index (χ0v) is 14.9. The highest BCUT2D eigenvalue weighted by Gasteiger charge is 2.23. The van der Waals surface area contributed by atoms with E-state index in [1.807, 2.05) is 24.3 Å². The number of para-hydroxylation sites is 1. The molecule has 0 radical (unpaired) electrons. The predicted octanol–water partition coefficient (Wildman–Crippen LogP) is 3.00. The SMILES string of the molecule is C[C@H]1Oc2ccc(NCc3nc4c(oc5ccccc54)c(=O)[nH]3)cc2NC1=O. The van der Waals surface area contributed by atoms with Crippen LogP contribution in [0.5, 0.6) is 5.75 Å². The molecule has 0 saturated carbocycles. The van der Waals surface area contributed by atoms with Gasteiger partial charge in [0.2, 0.25) is 5.58 Å². The van der Waals surface area contributed by atoms with Crippen molar-refractivity contribution >= 4 is 39.4 Å². The largest absolute Gasteiger partial charge is 0.479 e. The Morgan fingerprint density at radius 2 is 2.04 bits per heavy atom. The molecule has 0 spiro atoms. The van der Waals surface area contributed by atoms with Crippen LogP contribution in [0.1, 0.15) is 12.7 Å². The number of amides is 1. The minimum Gasteiger partial charge on any atom is -0.479 e. The summed E-state index contributed by atoms with van der Waals surface area (Å²) in [6.45, 7) is 2.00. The summed E-state index contributed by atoms with van der Waals surface area (Å²) in [7, 11) is 0. The third-order valence-corrected chi connectivity index (χ3v) is 4.65. The normalized spacial score (nSPS) is 15.9. The molecule has 0 unspecified atom stereocenters. The molecule has 1 aliphatic rings. The maximum atomic E-state index is 12.4. The molecule has 0 bridgehead atoms. The lowest BCUT2D eigenvalue weighted by Crippen LogP contribution is -2.34. The fourth-order valence-electron chi connectivity index (χ4n) is 3.24. The van der Waals surface area contributed by atoms with Crippen LogP contribution < -0.4 is 20.9 Å². The Labute approximate surface area is 158 Å². The first-order valence-electron chi connectivity index (χ1n) is 8.84. The summed E-state index contributed by atoms with van der Waals surface area (Å²) in [6, 6.07) is 12.8. The number of rotatable bonds is 3. The molecule has 8 nitrogen and oxygen atoms in total. The highest BCUT2D eigenvalue weighted by atomic mass is 16.5. The molecule has 3 N–H and O–H groups in total. The van der Waals surface area contributed by atoms with E-state index in [-0.39, 0.29) is 17.0 Å². The van der Waals surface area contributed by atoms with E-state index in [9.17, 15) is 9.59 Å². The van der Waals surface area contributed by atoms with Crippen LogP contribution in [-0.2, 0) is 11.3 Å². The highest BCUT2D eigenvalue weighted by molar-refractivity contribution is 6.01. The van der Waals surface area contributed by atoms with Crippen LogP contribution >= 0.6 is 0 Å². The number of benzene rings is 2. The number of fused-ring (bicyclic) bond motifs is 4. The van der Waals surface area contributed by atoms with Gasteiger partial charge >= 0.3 is 0 Å². The lowest BCUT2D eigenvalue weighted by Gasteiger charge is -2.23. The summed E-state index contributed by atoms with van der Waals surface area (Å²) >= 11 is 0. The molecule has 2 aromatic carbocycles. The number of nitrogens with zero attached hydrogens (tertiary/aromatic N) is 1. The third-order valence-electron chi connectivity index (χ3n) is 4.65. The van der Waals surface area contributed by atoms with E-state index in [0.29, 0.717) is 34.9 Å². The van der Waals surface area contributed by atoms with Crippen molar-refractivity contribution in [3.63, 3.8) is 0 Å². The van der Waals surface area contributed by atoms with Crippen molar-refractivity contribution in [1.29, 1.82) is 0 Å². The number of carbonyl (C=O) groups is 1. The molecule has 28 heavy (non-hydrogen) atoms. The molecule has 8 heteroatoms. The third kappa shape index (κ3) is 2.66. The van der Waals surface area contributed by atoms with E-state index in [1.165, 1.54) is 0 Å². The number of furan rings is 1. The van der Waals surface area contributed by atoms with Crippen molar-refractivity contribution in [2.75, 3.05) is 10.6 Å². The van der Waals surface area contributed by atoms with E-state index < -0.39 is 6.10 Å². The Morgan fingerprint density at radius 3 is 2.93 bits per heavy atom. The standard InChI is InChI=1S/C20H16N4O4/c1-10-19(25)22-13-8-11(6-7-15(13)27-10)21-9-16-23-17-12-4-2-3-5-14(12)28-18(17)20(26)24-16/h2-8,10,21H,9H2,1H3,(H,22,25)(H,23,24,26)/t10-/m1/s1. The van der Waals surface area contributed by atoms with Crippen LogP contribution in [0.15, 0.2) is 51.7 Å². The number of nitrogens with one attached hydrogen (secondary N) is 3. The predicted molar refractivity (Wildman–Crippen MR) is 105 cm³/mol. The van der Waals surface area contributed by atoms with Crippen molar-refractivity contribution in [1.82, 2.24) is 9.97 Å². The maximum Gasteiger partial charge on any atom is 0.294 e. The van der Waals surface area contributed by atoms with Crippen molar-refractivity contribution in [2.24, 2.45) is 0 Å². The Hall–Kier alpha value is -3.81. The van der Waals surface area contributed by atoms with Crippen molar-refractivity contribution in [2.45, 2.75) is 19.6 Å². The van der Waals surface area contributed by atoms with Crippen molar-refractivity contribution in [3.8, 4) is 5.75 Å². The topological polar surface area (TPSA) is 109 Å². The second kappa shape index (κ2) is 6.12. The summed E-state index contributed by atoms with van der Waals surface area (Å²) < 4.78 is 11.1. The van der Waals surface area contributed by atoms with Gasteiger partial charge in [0, 0.05) is 11.1 Å². The lowest BCUT2D eigenvalue weighted by atomic mass is 10.2. The quantitative estimate of drug-likeness (QED) is 0.507. The molecule has 2 aromatic heterocycles. The fourth-order valence-corrected chi connectivity index (χ4v) is 3.24. The summed E-state index contributed by atoms with van der Waals surface area (Å²) in [5, 5.41) is 6.81. The summed E-state index contributed by atoms with van der Waals surface area (Å²) in [6.07, 6.45) is -0.517. The number of anilines is 2. The first kappa shape index (κ1) is 16.4. The molecule has 1 aliphatic heterocycles. The molecular formula is C20H16N4O4. The lowest BCUT2D eigenvalue weighted by molar-refractivity contribution is -0.122. The van der Waals surface area contributed by atoms with Crippen LogP contribution in [0.3, 0.4) is 0 Å². The minimum atomic E-state index is -0.517. The molecule has 3 heterocycles. The summed E-state index contributed by atoms with van der Waals surface area (Å²) in [5.41, 5.74) is 2.42. The second-order valence-corrected chi connectivity index (χ2v) is 6.60. The number of H-pyrrole nitrogens is 1. The van der Waals surface area contributed by atoms with Gasteiger partial charge in [-0.2, -0.15) is 0 Å². The monoisotopic (exact) mass is 376 g/mol. The van der Waals surface area contributed by atoms with Crippen LogP contribution in [0.25, 0.3) is 22.1 Å². The van der Waals surface area contributed by atoms with Crippen LogP contribution in [0.4, 0.5) is 11.4 Å². The molecule has 0 saturated heterocycles. The van der Waals surface area contributed by atoms with Gasteiger partial charge in [-0.1, -0.05) is 12.1 Å². The average Bonchev–Trinajstić information content (AvgIpc) is 3.07. The smallest absolute Gasteiger partial charge is 0.294 e. The Kier molecular flexibility index (Phi) is 3.58. The first-order chi connectivity index (χ1) is 13.6. The first-order valence-corrected chi connectivity index (χ1v) is 8.84. The zero-order chi connectivity index (χ0) is 19.3. The second-order valence-electron chi connectivity index (χ2n) is 6.60. The van der Waals surface area contributed by atoms with Crippen molar-refractivity contribution in [3.05, 3.63) is 58.6 Å². The number of aromatic amines is 1. The zero-order valence-electron chi connectivity index (χ0n) is 14.9. The van der Waals surface area contributed by atoms with Crippen LogP contribution in [0.2, 0.25) is 0 Å². The molecule has 4 aromatic rings. The molecule has 0 fully saturated rings. The van der Waals surface area contributed by atoms with Gasteiger partial charge in [-0.15, -0.1) is 0 Å². The van der Waals surface area contributed by atoms with Gasteiger partial charge in [0.05, 0.1) is 12.2 Å². The number of aromatic nitrogens is 2. The number of hydrogen-bond donors (Lipinski definition) is 3. The van der Waals surface area contributed by atoms with E-state index in [0.717, 1.165) is 11.1 Å². The van der Waals surface area contributed by atoms with Gasteiger partial charge in [-0.05, 0) is 37.3 Å². The molecule has 1 atom stereocenters.